The first-order valence-corrected chi connectivity index (χ1v) is 7.49. The van der Waals surface area contributed by atoms with Crippen molar-refractivity contribution < 1.29 is 9.90 Å². The largest absolute Gasteiger partial charge is 0.476 e. The summed E-state index contributed by atoms with van der Waals surface area (Å²) in [7, 11) is 0. The van der Waals surface area contributed by atoms with Gasteiger partial charge in [-0.15, -0.1) is 0 Å². The number of fused-ring (bicyclic) bond motifs is 1. The van der Waals surface area contributed by atoms with Crippen LogP contribution in [0.3, 0.4) is 0 Å². The maximum Gasteiger partial charge on any atom is 0.356 e. The van der Waals surface area contributed by atoms with Gasteiger partial charge < -0.3 is 9.67 Å². The number of nitrogens with zero attached hydrogens (tertiary/aromatic N) is 2. The van der Waals surface area contributed by atoms with Gasteiger partial charge in [0.25, 0.3) is 0 Å². The van der Waals surface area contributed by atoms with Crippen molar-refractivity contribution in [1.82, 2.24) is 9.55 Å². The molecule has 3 rings (SSSR count). The van der Waals surface area contributed by atoms with Crippen LogP contribution in [0.2, 0.25) is 0 Å². The van der Waals surface area contributed by atoms with Gasteiger partial charge in [-0.05, 0) is 31.6 Å². The molecule has 1 aromatic rings. The van der Waals surface area contributed by atoms with E-state index in [1.54, 1.807) is 0 Å². The van der Waals surface area contributed by atoms with E-state index in [-0.39, 0.29) is 0 Å². The van der Waals surface area contributed by atoms with Gasteiger partial charge in [0, 0.05) is 12.5 Å². The summed E-state index contributed by atoms with van der Waals surface area (Å²) in [5, 5.41) is 9.36. The fraction of sp³-hybridized carbons (Fsp3) is 0.733. The Hall–Kier alpha value is -1.32. The highest BCUT2D eigenvalue weighted by molar-refractivity contribution is 5.87. The minimum Gasteiger partial charge on any atom is -0.476 e. The molecule has 1 aliphatic heterocycles. The maximum absolute atomic E-state index is 11.4. The van der Waals surface area contributed by atoms with Gasteiger partial charge in [0.05, 0.1) is 5.69 Å². The third-order valence-electron chi connectivity index (χ3n) is 4.66. The van der Waals surface area contributed by atoms with Crippen LogP contribution in [-0.2, 0) is 13.0 Å². The quantitative estimate of drug-likeness (QED) is 0.890. The average Bonchev–Trinajstić information content (AvgIpc) is 2.78. The van der Waals surface area contributed by atoms with Crippen LogP contribution in [0.5, 0.6) is 0 Å². The first kappa shape index (κ1) is 12.7. The van der Waals surface area contributed by atoms with Crippen molar-refractivity contribution in [2.75, 3.05) is 0 Å². The molecule has 0 saturated heterocycles. The molecule has 1 atom stereocenters. The van der Waals surface area contributed by atoms with Gasteiger partial charge in [0.15, 0.2) is 5.69 Å². The molecule has 1 aromatic heterocycles. The second kappa shape index (κ2) is 4.99. The molecule has 2 aliphatic rings. The van der Waals surface area contributed by atoms with E-state index < -0.39 is 5.97 Å². The zero-order valence-electron chi connectivity index (χ0n) is 11.6. The minimum atomic E-state index is -0.861. The van der Waals surface area contributed by atoms with E-state index in [1.807, 2.05) is 0 Å². The van der Waals surface area contributed by atoms with Crippen molar-refractivity contribution in [1.29, 1.82) is 0 Å². The van der Waals surface area contributed by atoms with Crippen molar-refractivity contribution in [2.24, 2.45) is 5.92 Å². The van der Waals surface area contributed by atoms with Crippen molar-refractivity contribution >= 4 is 5.97 Å². The van der Waals surface area contributed by atoms with Gasteiger partial charge in [-0.1, -0.05) is 26.2 Å². The van der Waals surface area contributed by atoms with Crippen LogP contribution in [-0.4, -0.2) is 20.6 Å². The van der Waals surface area contributed by atoms with Crippen LogP contribution >= 0.6 is 0 Å². The van der Waals surface area contributed by atoms with Gasteiger partial charge in [-0.25, -0.2) is 9.78 Å². The van der Waals surface area contributed by atoms with Crippen molar-refractivity contribution in [2.45, 2.75) is 64.3 Å². The molecule has 0 aromatic carbocycles. The normalized spacial score (nSPS) is 24.2. The molecule has 1 fully saturated rings. The predicted molar refractivity (Wildman–Crippen MR) is 72.5 cm³/mol. The lowest BCUT2D eigenvalue weighted by Gasteiger charge is -2.26. The lowest BCUT2D eigenvalue weighted by atomic mass is 9.88. The summed E-state index contributed by atoms with van der Waals surface area (Å²) in [4.78, 5) is 15.9. The van der Waals surface area contributed by atoms with E-state index in [9.17, 15) is 9.90 Å². The molecule has 4 heteroatoms. The van der Waals surface area contributed by atoms with Crippen LogP contribution < -0.4 is 0 Å². The van der Waals surface area contributed by atoms with Crippen LogP contribution in [0.15, 0.2) is 0 Å². The lowest BCUT2D eigenvalue weighted by molar-refractivity contribution is 0.0689. The van der Waals surface area contributed by atoms with E-state index >= 15 is 0 Å². The molecule has 1 saturated carbocycles. The first-order valence-electron chi connectivity index (χ1n) is 7.49. The molecule has 1 unspecified atom stereocenters. The highest BCUT2D eigenvalue weighted by atomic mass is 16.4. The second-order valence-corrected chi connectivity index (χ2v) is 6.15. The molecule has 1 aliphatic carbocycles. The molecule has 4 nitrogen and oxygen atoms in total. The van der Waals surface area contributed by atoms with Crippen LogP contribution in [0, 0.1) is 5.92 Å². The summed E-state index contributed by atoms with van der Waals surface area (Å²) < 4.78 is 2.22. The number of carbonyl (C=O) groups is 1. The lowest BCUT2D eigenvalue weighted by Crippen LogP contribution is -2.21. The molecule has 2 heterocycles. The molecule has 19 heavy (non-hydrogen) atoms. The Bertz CT molecular complexity index is 487. The second-order valence-electron chi connectivity index (χ2n) is 6.15. The number of carboxylic acids is 1. The Morgan fingerprint density at radius 3 is 2.68 bits per heavy atom. The molecule has 104 valence electrons. The summed E-state index contributed by atoms with van der Waals surface area (Å²) in [6, 6.07) is 0. The fourth-order valence-corrected chi connectivity index (χ4v) is 3.59. The number of aromatic nitrogens is 2. The van der Waals surface area contributed by atoms with E-state index in [0.29, 0.717) is 17.5 Å². The topological polar surface area (TPSA) is 55.1 Å². The van der Waals surface area contributed by atoms with Crippen molar-refractivity contribution in [3.63, 3.8) is 0 Å². The summed E-state index contributed by atoms with van der Waals surface area (Å²) in [6.07, 6.45) is 8.17. The fourth-order valence-electron chi connectivity index (χ4n) is 3.59. The van der Waals surface area contributed by atoms with E-state index in [0.717, 1.165) is 30.9 Å². The Morgan fingerprint density at radius 2 is 2.00 bits per heavy atom. The van der Waals surface area contributed by atoms with Crippen molar-refractivity contribution in [3.05, 3.63) is 17.2 Å². The summed E-state index contributed by atoms with van der Waals surface area (Å²) >= 11 is 0. The van der Waals surface area contributed by atoms with Gasteiger partial charge in [0.1, 0.15) is 5.82 Å². The first-order chi connectivity index (χ1) is 9.16. The van der Waals surface area contributed by atoms with Gasteiger partial charge in [0.2, 0.25) is 0 Å². The Morgan fingerprint density at radius 1 is 1.26 bits per heavy atom. The number of carboxylic acid groups (broad SMARTS) is 1. The number of hydrogen-bond acceptors (Lipinski definition) is 2. The van der Waals surface area contributed by atoms with Crippen LogP contribution in [0.4, 0.5) is 0 Å². The average molecular weight is 262 g/mol. The summed E-state index contributed by atoms with van der Waals surface area (Å²) in [5.41, 5.74) is 1.28. The summed E-state index contributed by atoms with van der Waals surface area (Å²) in [5.74, 6) is 1.24. The monoisotopic (exact) mass is 262 g/mol. The Balaban J connectivity index is 2.00. The molecule has 1 N–H and O–H groups in total. The molecular weight excluding hydrogens is 240 g/mol. The maximum atomic E-state index is 11.4. The van der Waals surface area contributed by atoms with Gasteiger partial charge >= 0.3 is 5.97 Å². The third kappa shape index (κ3) is 2.28. The number of aromatic carboxylic acids is 1. The SMILES string of the molecule is CC1CCn2c(C3CCCCC3)nc(C(=O)O)c2C1. The van der Waals surface area contributed by atoms with E-state index in [2.05, 4.69) is 16.5 Å². The highest BCUT2D eigenvalue weighted by Crippen LogP contribution is 2.35. The smallest absolute Gasteiger partial charge is 0.356 e. The molecule has 0 spiro atoms. The van der Waals surface area contributed by atoms with Crippen molar-refractivity contribution in [3.8, 4) is 0 Å². The predicted octanol–water partition coefficient (Wildman–Crippen LogP) is 3.21. The van der Waals surface area contributed by atoms with Gasteiger partial charge in [-0.3, -0.25) is 0 Å². The molecule has 0 bridgehead atoms. The van der Waals surface area contributed by atoms with Crippen LogP contribution in [0.25, 0.3) is 0 Å². The number of imidazole rings is 1. The molecule has 0 amide bonds. The van der Waals surface area contributed by atoms with Gasteiger partial charge in [-0.2, -0.15) is 0 Å². The molecular formula is C15H22N2O2. The minimum absolute atomic E-state index is 0.312. The zero-order valence-corrected chi connectivity index (χ0v) is 11.6. The zero-order chi connectivity index (χ0) is 13.4. The Kier molecular flexibility index (Phi) is 3.33. The third-order valence-corrected chi connectivity index (χ3v) is 4.66. The summed E-state index contributed by atoms with van der Waals surface area (Å²) in [6.45, 7) is 3.14. The van der Waals surface area contributed by atoms with E-state index in [1.165, 1.54) is 32.1 Å². The standard InChI is InChI=1S/C15H22N2O2/c1-10-7-8-17-12(9-10)13(15(18)19)16-14(17)11-5-3-2-4-6-11/h10-11H,2-9H2,1H3,(H,18,19). The van der Waals surface area contributed by atoms with Crippen LogP contribution in [0.1, 0.15) is 73.4 Å². The van der Waals surface area contributed by atoms with E-state index in [4.69, 9.17) is 0 Å². The molecule has 0 radical (unpaired) electrons. The highest BCUT2D eigenvalue weighted by Gasteiger charge is 2.30. The number of hydrogen-bond donors (Lipinski definition) is 1. The Labute approximate surface area is 113 Å². The number of rotatable bonds is 2.